The van der Waals surface area contributed by atoms with Crippen molar-refractivity contribution in [2.75, 3.05) is 23.7 Å². The number of benzene rings is 1. The maximum Gasteiger partial charge on any atom is 0.146 e. The van der Waals surface area contributed by atoms with E-state index in [0.717, 1.165) is 13.1 Å². The van der Waals surface area contributed by atoms with Crippen LogP contribution in [0.1, 0.15) is 43.0 Å². The number of pyridine rings is 2. The van der Waals surface area contributed by atoms with Gasteiger partial charge < -0.3 is 20.7 Å². The van der Waals surface area contributed by atoms with Crippen molar-refractivity contribution in [3.05, 3.63) is 75.2 Å². The van der Waals surface area contributed by atoms with Crippen LogP contribution in [0.3, 0.4) is 0 Å². The van der Waals surface area contributed by atoms with Gasteiger partial charge >= 0.3 is 0 Å². The zero-order chi connectivity index (χ0) is 26.0. The third-order valence-corrected chi connectivity index (χ3v) is 6.57. The average Bonchev–Trinajstić information content (AvgIpc) is 2.82. The molecule has 1 fully saturated rings. The van der Waals surface area contributed by atoms with Gasteiger partial charge in [0, 0.05) is 60.1 Å². The smallest absolute Gasteiger partial charge is 0.146 e. The Morgan fingerprint density at radius 1 is 1.25 bits per heavy atom. The van der Waals surface area contributed by atoms with Gasteiger partial charge in [-0.25, -0.2) is 4.98 Å². The van der Waals surface area contributed by atoms with Crippen LogP contribution in [0.4, 0.5) is 11.5 Å². The fraction of sp³-hybridized carbons (Fsp3) is 0.308. The van der Waals surface area contributed by atoms with Gasteiger partial charge in [-0.05, 0) is 31.2 Å². The molecule has 186 valence electrons. The van der Waals surface area contributed by atoms with Crippen LogP contribution in [0.5, 0.6) is 5.75 Å². The minimum atomic E-state index is -0.0203. The Labute approximate surface area is 220 Å². The molecule has 1 aliphatic rings. The highest BCUT2D eigenvalue weighted by Gasteiger charge is 2.40. The number of halogens is 2. The van der Waals surface area contributed by atoms with E-state index in [1.165, 1.54) is 12.4 Å². The summed E-state index contributed by atoms with van der Waals surface area (Å²) in [5.74, 6) is 1.11. The molecule has 0 bridgehead atoms. The van der Waals surface area contributed by atoms with Crippen LogP contribution in [0.15, 0.2) is 42.9 Å². The normalized spacial score (nSPS) is 14.3. The first-order chi connectivity index (χ1) is 17.1. The fourth-order valence-electron chi connectivity index (χ4n) is 4.39. The van der Waals surface area contributed by atoms with E-state index >= 15 is 0 Å². The van der Waals surface area contributed by atoms with Crippen LogP contribution >= 0.6 is 23.2 Å². The predicted octanol–water partition coefficient (Wildman–Crippen LogP) is 4.81. The molecule has 0 spiro atoms. The maximum absolute atomic E-state index is 9.79. The van der Waals surface area contributed by atoms with Gasteiger partial charge in [0.25, 0.3) is 0 Å². The van der Waals surface area contributed by atoms with Gasteiger partial charge in [0.05, 0.1) is 26.9 Å². The lowest BCUT2D eigenvalue weighted by molar-refractivity contribution is 0.260. The molecule has 0 radical (unpaired) electrons. The molecule has 0 amide bonds. The van der Waals surface area contributed by atoms with Crippen molar-refractivity contribution >= 4 is 40.4 Å². The Balaban J connectivity index is 1.52. The molecule has 0 unspecified atom stereocenters. The van der Waals surface area contributed by atoms with E-state index in [2.05, 4.69) is 47.0 Å². The van der Waals surface area contributed by atoms with E-state index in [1.807, 2.05) is 0 Å². The van der Waals surface area contributed by atoms with E-state index < -0.39 is 0 Å². The number of nitrogens with two attached hydrogens (primary N) is 1. The maximum atomic E-state index is 9.79. The van der Waals surface area contributed by atoms with Crippen LogP contribution in [0, 0.1) is 16.7 Å². The standard InChI is InChI=1S/C26H27Cl2N7O/c1-15(2)34-26(3)13-35(14-26)25-16(8-29)6-17(9-33-25)24(31)19-7-18(4-5-23(19)30)36-12-20-21(27)10-32-11-22(20)28/h4-7,9-11,15,31,34H,12-14,30H2,1-3H3. The summed E-state index contributed by atoms with van der Waals surface area (Å²) in [6.07, 6.45) is 4.61. The number of nitrogen functional groups attached to an aromatic ring is 1. The molecule has 10 heteroatoms. The molecule has 4 rings (SSSR count). The van der Waals surface area contributed by atoms with Gasteiger partial charge in [-0.3, -0.25) is 10.4 Å². The molecule has 2 aromatic heterocycles. The first-order valence-corrected chi connectivity index (χ1v) is 12.2. The summed E-state index contributed by atoms with van der Waals surface area (Å²) in [7, 11) is 0. The summed E-state index contributed by atoms with van der Waals surface area (Å²) >= 11 is 12.4. The molecule has 1 aliphatic heterocycles. The molecular weight excluding hydrogens is 497 g/mol. The first kappa shape index (κ1) is 25.7. The Morgan fingerprint density at radius 2 is 1.94 bits per heavy atom. The number of aromatic nitrogens is 2. The van der Waals surface area contributed by atoms with E-state index in [-0.39, 0.29) is 17.9 Å². The molecule has 8 nitrogen and oxygen atoms in total. The SMILES string of the molecule is CC(C)NC1(C)CN(c2ncc(C(=N)c3cc(OCc4c(Cl)cncc4Cl)ccc3N)cc2C#N)C1. The summed E-state index contributed by atoms with van der Waals surface area (Å²) in [4.78, 5) is 10.5. The van der Waals surface area contributed by atoms with Crippen LogP contribution in [0.25, 0.3) is 0 Å². The second-order valence-corrected chi connectivity index (χ2v) is 10.2. The zero-order valence-corrected chi connectivity index (χ0v) is 21.8. The van der Waals surface area contributed by atoms with Gasteiger partial charge in [-0.1, -0.05) is 37.0 Å². The third kappa shape index (κ3) is 5.39. The second kappa shape index (κ2) is 10.3. The summed E-state index contributed by atoms with van der Waals surface area (Å²) in [6, 6.07) is 9.34. The highest BCUT2D eigenvalue weighted by molar-refractivity contribution is 6.35. The van der Waals surface area contributed by atoms with Crippen molar-refractivity contribution in [3.63, 3.8) is 0 Å². The van der Waals surface area contributed by atoms with Crippen LogP contribution in [-0.4, -0.2) is 40.3 Å². The van der Waals surface area contributed by atoms with E-state index in [0.29, 0.717) is 55.6 Å². The lowest BCUT2D eigenvalue weighted by Crippen LogP contribution is -2.69. The number of nitrogens with zero attached hydrogens (tertiary/aromatic N) is 4. The van der Waals surface area contributed by atoms with E-state index in [1.54, 1.807) is 30.5 Å². The Bertz CT molecular complexity index is 1330. The summed E-state index contributed by atoms with van der Waals surface area (Å²) in [5, 5.41) is 22.9. The van der Waals surface area contributed by atoms with Crippen molar-refractivity contribution in [1.29, 1.82) is 10.7 Å². The Morgan fingerprint density at radius 3 is 2.58 bits per heavy atom. The zero-order valence-electron chi connectivity index (χ0n) is 20.3. The molecular formula is C26H27Cl2N7O. The number of ether oxygens (including phenoxy) is 1. The molecule has 1 saturated heterocycles. The van der Waals surface area contributed by atoms with E-state index in [4.69, 9.17) is 39.1 Å². The van der Waals surface area contributed by atoms with Gasteiger partial charge in [-0.2, -0.15) is 5.26 Å². The van der Waals surface area contributed by atoms with Crippen LogP contribution in [0.2, 0.25) is 10.0 Å². The van der Waals surface area contributed by atoms with Crippen molar-refractivity contribution < 1.29 is 4.74 Å². The van der Waals surface area contributed by atoms with Crippen molar-refractivity contribution in [2.45, 2.75) is 39.0 Å². The largest absolute Gasteiger partial charge is 0.489 e. The topological polar surface area (TPSA) is 124 Å². The van der Waals surface area contributed by atoms with E-state index in [9.17, 15) is 5.26 Å². The number of nitriles is 1. The average molecular weight is 524 g/mol. The Kier molecular flexibility index (Phi) is 7.36. The fourth-order valence-corrected chi connectivity index (χ4v) is 4.87. The van der Waals surface area contributed by atoms with Crippen molar-refractivity contribution in [3.8, 4) is 11.8 Å². The lowest BCUT2D eigenvalue weighted by atomic mass is 9.90. The summed E-state index contributed by atoms with van der Waals surface area (Å²) in [5.41, 5.74) is 8.70. The number of nitrogens with one attached hydrogen (secondary N) is 2. The molecule has 1 aromatic carbocycles. The lowest BCUT2D eigenvalue weighted by Gasteiger charge is -2.50. The van der Waals surface area contributed by atoms with Gasteiger partial charge in [0.15, 0.2) is 0 Å². The van der Waals surface area contributed by atoms with Crippen molar-refractivity contribution in [1.82, 2.24) is 15.3 Å². The van der Waals surface area contributed by atoms with Gasteiger partial charge in [0.1, 0.15) is 24.2 Å². The molecule has 4 N–H and O–H groups in total. The molecule has 0 saturated carbocycles. The minimum absolute atomic E-state index is 0.0203. The van der Waals surface area contributed by atoms with Crippen LogP contribution in [-0.2, 0) is 6.61 Å². The second-order valence-electron chi connectivity index (χ2n) is 9.42. The summed E-state index contributed by atoms with van der Waals surface area (Å²) < 4.78 is 5.87. The quantitative estimate of drug-likeness (QED) is 0.285. The molecule has 0 aliphatic carbocycles. The molecule has 0 atom stereocenters. The highest BCUT2D eigenvalue weighted by atomic mass is 35.5. The molecule has 36 heavy (non-hydrogen) atoms. The molecule has 3 heterocycles. The third-order valence-electron chi connectivity index (χ3n) is 5.92. The predicted molar refractivity (Wildman–Crippen MR) is 143 cm³/mol. The number of rotatable bonds is 8. The monoisotopic (exact) mass is 523 g/mol. The number of anilines is 2. The highest BCUT2D eigenvalue weighted by Crippen LogP contribution is 2.31. The first-order valence-electron chi connectivity index (χ1n) is 11.4. The number of hydrogen-bond acceptors (Lipinski definition) is 8. The molecule has 3 aromatic rings. The Hall–Kier alpha value is -3.38. The minimum Gasteiger partial charge on any atom is -0.489 e. The summed E-state index contributed by atoms with van der Waals surface area (Å²) in [6.45, 7) is 8.02. The van der Waals surface area contributed by atoms with Gasteiger partial charge in [-0.15, -0.1) is 0 Å². The van der Waals surface area contributed by atoms with Gasteiger partial charge in [0.2, 0.25) is 0 Å². The number of hydrogen-bond donors (Lipinski definition) is 3. The van der Waals surface area contributed by atoms with Crippen LogP contribution < -0.4 is 20.7 Å². The van der Waals surface area contributed by atoms with Crippen molar-refractivity contribution in [2.24, 2.45) is 0 Å².